The Morgan fingerprint density at radius 2 is 2.30 bits per heavy atom. The molecule has 1 N–H and O–H groups in total. The van der Waals surface area contributed by atoms with Gasteiger partial charge in [0.15, 0.2) is 0 Å². The summed E-state index contributed by atoms with van der Waals surface area (Å²) in [5.74, 6) is 0. The molecule has 0 aromatic carbocycles. The summed E-state index contributed by atoms with van der Waals surface area (Å²) in [6.45, 7) is 1.66. The first-order chi connectivity index (χ1) is 4.48. The van der Waals surface area contributed by atoms with E-state index in [1.54, 1.807) is 6.92 Å². The maximum absolute atomic E-state index is 10.6. The van der Waals surface area contributed by atoms with Crippen LogP contribution in [0.3, 0.4) is 0 Å². The third kappa shape index (κ3) is 5.03. The lowest BCUT2D eigenvalue weighted by atomic mass is 10.6. The van der Waals surface area contributed by atoms with Crippen LogP contribution >= 0.6 is 15.9 Å². The Morgan fingerprint density at radius 3 is 2.60 bits per heavy atom. The third-order valence-electron chi connectivity index (χ3n) is 0.700. The molecule has 0 spiro atoms. The van der Waals surface area contributed by atoms with Crippen molar-refractivity contribution in [3.05, 3.63) is 0 Å². The minimum atomic E-state index is -3.84. The molecule has 60 valence electrons. The molecule has 0 amide bonds. The summed E-state index contributed by atoms with van der Waals surface area (Å²) in [6, 6.07) is 0. The van der Waals surface area contributed by atoms with Crippen molar-refractivity contribution >= 4 is 15.9 Å². The zero-order valence-corrected chi connectivity index (χ0v) is 7.18. The lowest BCUT2D eigenvalue weighted by molar-refractivity contribution is -0.178. The summed E-state index contributed by atoms with van der Waals surface area (Å²) < 4.78 is 24.1. The van der Waals surface area contributed by atoms with Crippen LogP contribution in [-0.4, -0.2) is 11.1 Å². The van der Waals surface area contributed by atoms with Gasteiger partial charge < -0.3 is 9.79 Å². The maximum atomic E-state index is 10.6. The first-order valence-electron chi connectivity index (χ1n) is 2.64. The molecule has 10 heavy (non-hydrogen) atoms. The van der Waals surface area contributed by atoms with E-state index in [1.807, 2.05) is 0 Å². The van der Waals surface area contributed by atoms with Gasteiger partial charge in [0.2, 0.25) is 0 Å². The highest BCUT2D eigenvalue weighted by atomic mass is 31.2. The zero-order valence-electron chi connectivity index (χ0n) is 5.39. The Kier molecular flexibility index (Phi) is 4.25. The van der Waals surface area contributed by atoms with Crippen LogP contribution in [0.2, 0.25) is 0 Å². The van der Waals surface area contributed by atoms with E-state index in [2.05, 4.69) is 4.31 Å². The largest absolute Gasteiger partial charge is 0.566 e. The quantitative estimate of drug-likeness (QED) is 0.650. The Labute approximate surface area is 59.5 Å². The third-order valence-corrected chi connectivity index (χ3v) is 3.27. The topological polar surface area (TPSA) is 86.7 Å². The maximum Gasteiger partial charge on any atom is 0.497 e. The highest BCUT2D eigenvalue weighted by Crippen LogP contribution is 2.48. The van der Waals surface area contributed by atoms with Crippen LogP contribution < -0.4 is 4.89 Å². The Bertz CT molecular complexity index is 166. The van der Waals surface area contributed by atoms with E-state index >= 15 is 0 Å². The van der Waals surface area contributed by atoms with Gasteiger partial charge in [-0.1, -0.05) is 11.2 Å². The predicted octanol–water partition coefficient (Wildman–Crippen LogP) is 0.616. The molecule has 2 unspecified atom stereocenters. The van der Waals surface area contributed by atoms with Crippen molar-refractivity contribution in [1.29, 1.82) is 0 Å². The molecule has 5 nitrogen and oxygen atoms in total. The molecule has 0 aliphatic heterocycles. The van der Waals surface area contributed by atoms with Crippen molar-refractivity contribution in [2.45, 2.75) is 13.3 Å². The molecule has 0 saturated carbocycles. The highest BCUT2D eigenvalue weighted by molar-refractivity contribution is 7.59. The van der Waals surface area contributed by atoms with E-state index in [0.29, 0.717) is 6.42 Å². The monoisotopic (exact) mass is 186 g/mol. The van der Waals surface area contributed by atoms with Crippen molar-refractivity contribution in [3.63, 3.8) is 0 Å². The van der Waals surface area contributed by atoms with E-state index in [0.717, 1.165) is 0 Å². The van der Waals surface area contributed by atoms with E-state index in [1.165, 1.54) is 0 Å². The second-order valence-electron chi connectivity index (χ2n) is 1.67. The summed E-state index contributed by atoms with van der Waals surface area (Å²) in [5.41, 5.74) is 0. The van der Waals surface area contributed by atoms with Crippen LogP contribution in [0.4, 0.5) is 0 Å². The van der Waals surface area contributed by atoms with Crippen molar-refractivity contribution < 1.29 is 23.2 Å². The van der Waals surface area contributed by atoms with E-state index in [9.17, 15) is 14.0 Å². The zero-order chi connectivity index (χ0) is 8.20. The fourth-order valence-electron chi connectivity index (χ4n) is 0.428. The summed E-state index contributed by atoms with van der Waals surface area (Å²) in [7, 11) is -7.06. The van der Waals surface area contributed by atoms with E-state index < -0.39 is 15.9 Å². The minimum Gasteiger partial charge on any atom is -0.566 e. The molecule has 0 aromatic heterocycles. The Hall–Kier alpha value is 0.210. The van der Waals surface area contributed by atoms with Crippen LogP contribution in [0, 0.1) is 0 Å². The number of hydrogen-bond acceptors (Lipinski definition) is 4. The second-order valence-corrected chi connectivity index (χ2v) is 4.49. The van der Waals surface area contributed by atoms with Crippen LogP contribution in [-0.2, 0) is 13.4 Å². The molecule has 0 bridgehead atoms. The summed E-state index contributed by atoms with van der Waals surface area (Å²) in [6.07, 6.45) is 0.285. The van der Waals surface area contributed by atoms with Gasteiger partial charge in [0.25, 0.3) is 0 Å². The van der Waals surface area contributed by atoms with Crippen LogP contribution in [0.5, 0.6) is 0 Å². The van der Waals surface area contributed by atoms with Crippen LogP contribution in [0.25, 0.3) is 0 Å². The lowest BCUT2D eigenvalue weighted by Crippen LogP contribution is -1.93. The molecule has 0 aliphatic carbocycles. The molecule has 0 aromatic rings. The molecule has 0 radical (unpaired) electrons. The van der Waals surface area contributed by atoms with Crippen molar-refractivity contribution in [3.8, 4) is 0 Å². The molecule has 0 aliphatic rings. The van der Waals surface area contributed by atoms with Gasteiger partial charge in [-0.05, 0) is 11.0 Å². The summed E-state index contributed by atoms with van der Waals surface area (Å²) in [4.78, 5) is 18.4. The SMILES string of the molecule is CCCP(=O)(O)O[P+](=O)[O-]. The fraction of sp³-hybridized carbons (Fsp3) is 1.00. The van der Waals surface area contributed by atoms with Gasteiger partial charge in [-0.25, -0.2) is 0 Å². The van der Waals surface area contributed by atoms with Gasteiger partial charge in [-0.15, -0.1) is 0 Å². The molecule has 0 rings (SSSR count). The fourth-order valence-corrected chi connectivity index (χ4v) is 2.15. The Balaban J connectivity index is 3.87. The van der Waals surface area contributed by atoms with Gasteiger partial charge in [0.05, 0.1) is 6.16 Å². The first kappa shape index (κ1) is 10.2. The molecular weight excluding hydrogens is 178 g/mol. The van der Waals surface area contributed by atoms with Gasteiger partial charge >= 0.3 is 15.9 Å². The first-order valence-corrected chi connectivity index (χ1v) is 5.49. The van der Waals surface area contributed by atoms with E-state index in [-0.39, 0.29) is 6.16 Å². The molecule has 7 heteroatoms. The number of hydrogen-bond donors (Lipinski definition) is 1. The Morgan fingerprint density at radius 1 is 1.80 bits per heavy atom. The van der Waals surface area contributed by atoms with Gasteiger partial charge in [-0.2, -0.15) is 0 Å². The smallest absolute Gasteiger partial charge is 0.497 e. The summed E-state index contributed by atoms with van der Waals surface area (Å²) in [5, 5.41) is 0. The average molecular weight is 186 g/mol. The van der Waals surface area contributed by atoms with Gasteiger partial charge in [-0.3, -0.25) is 4.57 Å². The standard InChI is InChI=1S/C3H8O5P2/c1-2-3-10(6,7)8-9(4)5/h2-3H2,1H3,(H,6,7). The predicted molar refractivity (Wildman–Crippen MR) is 33.7 cm³/mol. The minimum absolute atomic E-state index is 0.129. The molecule has 0 fully saturated rings. The van der Waals surface area contributed by atoms with Crippen LogP contribution in [0.15, 0.2) is 0 Å². The molecule has 0 saturated heterocycles. The van der Waals surface area contributed by atoms with Crippen molar-refractivity contribution in [2.75, 3.05) is 6.16 Å². The second kappa shape index (κ2) is 4.16. The normalized spacial score (nSPS) is 18.1. The van der Waals surface area contributed by atoms with Crippen molar-refractivity contribution in [2.24, 2.45) is 0 Å². The lowest BCUT2D eigenvalue weighted by Gasteiger charge is -2.00. The molecular formula is C3H8O5P2. The van der Waals surface area contributed by atoms with Gasteiger partial charge in [0, 0.05) is 0 Å². The van der Waals surface area contributed by atoms with Gasteiger partial charge in [0.1, 0.15) is 0 Å². The highest BCUT2D eigenvalue weighted by Gasteiger charge is 2.25. The molecule has 2 atom stereocenters. The molecule has 0 heterocycles. The number of rotatable bonds is 4. The van der Waals surface area contributed by atoms with Crippen LogP contribution in [0.1, 0.15) is 13.3 Å². The van der Waals surface area contributed by atoms with E-state index in [4.69, 9.17) is 4.89 Å². The average Bonchev–Trinajstić information content (AvgIpc) is 1.59. The summed E-state index contributed by atoms with van der Waals surface area (Å²) >= 11 is 0. The van der Waals surface area contributed by atoms with Crippen molar-refractivity contribution in [1.82, 2.24) is 0 Å².